The van der Waals surface area contributed by atoms with Crippen LogP contribution in [-0.2, 0) is 32.0 Å². The predicted octanol–water partition coefficient (Wildman–Crippen LogP) is 0.538. The number of nitrogens with zero attached hydrogens (tertiary/aromatic N) is 3. The third kappa shape index (κ3) is 3.64. The molecule has 1 aliphatic rings. The number of ether oxygens (including phenoxy) is 3. The van der Waals surface area contributed by atoms with Crippen molar-refractivity contribution in [2.75, 3.05) is 20.8 Å². The molecule has 2 heterocycles. The summed E-state index contributed by atoms with van der Waals surface area (Å²) in [5.41, 5.74) is 0.857. The number of allylic oxidation sites excluding steroid dienone is 1. The molecule has 1 aliphatic heterocycles. The molecule has 0 aliphatic carbocycles. The zero-order valence-corrected chi connectivity index (χ0v) is 12.6. The Hall–Kier alpha value is -2.35. The molecule has 0 radical (unpaired) electrons. The van der Waals surface area contributed by atoms with E-state index in [-0.39, 0.29) is 18.1 Å². The molecule has 0 bridgehead atoms. The van der Waals surface area contributed by atoms with Crippen molar-refractivity contribution in [1.82, 2.24) is 15.0 Å². The van der Waals surface area contributed by atoms with E-state index in [1.54, 1.807) is 10.8 Å². The summed E-state index contributed by atoms with van der Waals surface area (Å²) in [4.78, 5) is 11.6. The number of cyclic esters (lactones) is 1. The highest BCUT2D eigenvalue weighted by molar-refractivity contribution is 5.91. The summed E-state index contributed by atoms with van der Waals surface area (Å²) in [5.74, 6) is 0.0587. The van der Waals surface area contributed by atoms with Crippen molar-refractivity contribution in [1.29, 1.82) is 0 Å². The first-order chi connectivity index (χ1) is 10.7. The van der Waals surface area contributed by atoms with Crippen LogP contribution in [0, 0.1) is 0 Å². The number of carbonyl (C=O) groups excluding carboxylic acids is 1. The zero-order chi connectivity index (χ0) is 15.9. The molecule has 1 aromatic rings. The van der Waals surface area contributed by atoms with Crippen LogP contribution >= 0.6 is 0 Å². The molecule has 2 rings (SSSR count). The van der Waals surface area contributed by atoms with Gasteiger partial charge in [-0.25, -0.2) is 9.48 Å². The first-order valence-electron chi connectivity index (χ1n) is 6.94. The van der Waals surface area contributed by atoms with Crippen LogP contribution in [0.5, 0.6) is 0 Å². The van der Waals surface area contributed by atoms with Gasteiger partial charge in [-0.1, -0.05) is 5.21 Å². The minimum atomic E-state index is -0.575. The molecule has 0 amide bonds. The van der Waals surface area contributed by atoms with Gasteiger partial charge in [-0.3, -0.25) is 0 Å². The highest BCUT2D eigenvalue weighted by atomic mass is 16.6. The number of hydrogen-bond donors (Lipinski definition) is 1. The summed E-state index contributed by atoms with van der Waals surface area (Å²) >= 11 is 0. The topological polar surface area (TPSA) is 95.7 Å². The molecule has 0 saturated carbocycles. The second kappa shape index (κ2) is 7.60. The van der Waals surface area contributed by atoms with Crippen molar-refractivity contribution in [2.45, 2.75) is 25.8 Å². The summed E-state index contributed by atoms with van der Waals surface area (Å²) in [5, 5.41) is 16.8. The third-order valence-electron chi connectivity index (χ3n) is 3.12. The Kier molecular flexibility index (Phi) is 5.54. The first kappa shape index (κ1) is 16.0. The van der Waals surface area contributed by atoms with Crippen molar-refractivity contribution < 1.29 is 24.1 Å². The Labute approximate surface area is 128 Å². The Balaban J connectivity index is 2.00. The molecule has 120 valence electrons. The van der Waals surface area contributed by atoms with E-state index in [0.29, 0.717) is 12.3 Å². The van der Waals surface area contributed by atoms with Gasteiger partial charge in [-0.15, -0.1) is 5.10 Å². The normalized spacial score (nSPS) is 16.3. The molecule has 0 atom stereocenters. The molecule has 8 nitrogen and oxygen atoms in total. The lowest BCUT2D eigenvalue weighted by molar-refractivity contribution is -0.136. The Bertz CT molecular complexity index is 591. The van der Waals surface area contributed by atoms with Crippen LogP contribution in [0.3, 0.4) is 0 Å². The maximum Gasteiger partial charge on any atom is 0.383 e. The highest BCUT2D eigenvalue weighted by Crippen LogP contribution is 2.26. The predicted molar refractivity (Wildman–Crippen MR) is 75.3 cm³/mol. The summed E-state index contributed by atoms with van der Waals surface area (Å²) in [7, 11) is 2.83. The molecular formula is C14H19N3O5. The fourth-order valence-electron chi connectivity index (χ4n) is 2.04. The molecular weight excluding hydrogens is 290 g/mol. The third-order valence-corrected chi connectivity index (χ3v) is 3.12. The van der Waals surface area contributed by atoms with Crippen LogP contribution < -0.4 is 0 Å². The van der Waals surface area contributed by atoms with Crippen molar-refractivity contribution in [3.8, 4) is 0 Å². The molecule has 22 heavy (non-hydrogen) atoms. The minimum absolute atomic E-state index is 0.0528. The standard InChI is InChI=1S/C14H19N3O5/c1-20-12-11(22-14(19)13(12)21-2)6-7-17-9-10(15-16-17)5-3-4-8-18/h6,9,18H,3-5,7-8H2,1-2H3/b11-6-. The SMILES string of the molecule is COC1=C(OC)/C(=C/Cn2cc(CCCCO)nn2)OC1=O. The lowest BCUT2D eigenvalue weighted by atomic mass is 10.2. The van der Waals surface area contributed by atoms with Crippen molar-refractivity contribution >= 4 is 5.97 Å². The van der Waals surface area contributed by atoms with E-state index >= 15 is 0 Å². The number of rotatable bonds is 8. The van der Waals surface area contributed by atoms with E-state index < -0.39 is 5.97 Å². The molecule has 0 fully saturated rings. The van der Waals surface area contributed by atoms with Gasteiger partial charge in [0.25, 0.3) is 5.76 Å². The van der Waals surface area contributed by atoms with Crippen LogP contribution in [0.1, 0.15) is 18.5 Å². The van der Waals surface area contributed by atoms with Gasteiger partial charge in [0.2, 0.25) is 5.76 Å². The van der Waals surface area contributed by atoms with E-state index in [0.717, 1.165) is 25.0 Å². The highest BCUT2D eigenvalue weighted by Gasteiger charge is 2.32. The van der Waals surface area contributed by atoms with Crippen LogP contribution in [0.2, 0.25) is 0 Å². The number of carbonyl (C=O) groups is 1. The Morgan fingerprint density at radius 2 is 2.09 bits per heavy atom. The van der Waals surface area contributed by atoms with Crippen molar-refractivity contribution in [2.24, 2.45) is 0 Å². The van der Waals surface area contributed by atoms with Gasteiger partial charge < -0.3 is 19.3 Å². The lowest BCUT2D eigenvalue weighted by Crippen LogP contribution is -2.01. The minimum Gasteiger partial charge on any atom is -0.490 e. The number of aliphatic hydroxyl groups excluding tert-OH is 1. The van der Waals surface area contributed by atoms with E-state index in [1.165, 1.54) is 14.2 Å². The van der Waals surface area contributed by atoms with Gasteiger partial charge in [0, 0.05) is 12.8 Å². The van der Waals surface area contributed by atoms with E-state index in [4.69, 9.17) is 19.3 Å². The van der Waals surface area contributed by atoms with E-state index in [1.807, 2.05) is 6.20 Å². The molecule has 8 heteroatoms. The average Bonchev–Trinajstić information content (AvgIpc) is 3.09. The summed E-state index contributed by atoms with van der Waals surface area (Å²) < 4.78 is 16.8. The average molecular weight is 309 g/mol. The van der Waals surface area contributed by atoms with Crippen molar-refractivity contribution in [3.63, 3.8) is 0 Å². The van der Waals surface area contributed by atoms with Gasteiger partial charge in [0.05, 0.1) is 26.5 Å². The smallest absolute Gasteiger partial charge is 0.383 e. The van der Waals surface area contributed by atoms with E-state index in [9.17, 15) is 4.79 Å². The lowest BCUT2D eigenvalue weighted by Gasteiger charge is -2.02. The number of aromatic nitrogens is 3. The van der Waals surface area contributed by atoms with E-state index in [2.05, 4.69) is 10.3 Å². The molecule has 0 spiro atoms. The van der Waals surface area contributed by atoms with Gasteiger partial charge in [0.1, 0.15) is 0 Å². The largest absolute Gasteiger partial charge is 0.490 e. The summed E-state index contributed by atoms with van der Waals surface area (Å²) in [6.45, 7) is 0.568. The summed E-state index contributed by atoms with van der Waals surface area (Å²) in [6, 6.07) is 0. The number of aryl methyl sites for hydroxylation is 1. The molecule has 0 aromatic carbocycles. The van der Waals surface area contributed by atoms with Crippen molar-refractivity contribution in [3.05, 3.63) is 35.2 Å². The van der Waals surface area contributed by atoms with Gasteiger partial charge in [-0.05, 0) is 25.3 Å². The fraction of sp³-hybridized carbons (Fsp3) is 0.500. The number of hydrogen-bond acceptors (Lipinski definition) is 7. The maximum absolute atomic E-state index is 11.6. The van der Waals surface area contributed by atoms with Crippen LogP contribution in [0.25, 0.3) is 0 Å². The summed E-state index contributed by atoms with van der Waals surface area (Å²) in [6.07, 6.45) is 5.87. The number of aliphatic hydroxyl groups is 1. The zero-order valence-electron chi connectivity index (χ0n) is 12.6. The van der Waals surface area contributed by atoms with Crippen LogP contribution in [-0.4, -0.2) is 46.9 Å². The second-order valence-electron chi connectivity index (χ2n) is 4.64. The maximum atomic E-state index is 11.6. The number of esters is 1. The van der Waals surface area contributed by atoms with Gasteiger partial charge in [0.15, 0.2) is 5.76 Å². The second-order valence-corrected chi connectivity index (χ2v) is 4.64. The quantitative estimate of drug-likeness (QED) is 0.553. The first-order valence-corrected chi connectivity index (χ1v) is 6.94. The fourth-order valence-corrected chi connectivity index (χ4v) is 2.04. The number of methoxy groups -OCH3 is 2. The van der Waals surface area contributed by atoms with Crippen LogP contribution in [0.15, 0.2) is 29.6 Å². The van der Waals surface area contributed by atoms with Crippen LogP contribution in [0.4, 0.5) is 0 Å². The molecule has 0 saturated heterocycles. The molecule has 1 aromatic heterocycles. The Morgan fingerprint density at radius 3 is 2.77 bits per heavy atom. The van der Waals surface area contributed by atoms with Gasteiger partial charge >= 0.3 is 5.97 Å². The molecule has 1 N–H and O–H groups in total. The Morgan fingerprint density at radius 1 is 1.32 bits per heavy atom. The molecule has 0 unspecified atom stereocenters. The number of unbranched alkanes of at least 4 members (excludes halogenated alkanes) is 1. The monoisotopic (exact) mass is 309 g/mol. The van der Waals surface area contributed by atoms with Gasteiger partial charge in [-0.2, -0.15) is 0 Å².